The maximum atomic E-state index is 11.1. The Morgan fingerprint density at radius 3 is 2.58 bits per heavy atom. The number of esters is 1. The van der Waals surface area contributed by atoms with Crippen LogP contribution >= 0.6 is 0 Å². The molecule has 0 aromatic heterocycles. The molecule has 2 aliphatic carbocycles. The van der Waals surface area contributed by atoms with Crippen LogP contribution in [0.2, 0.25) is 0 Å². The summed E-state index contributed by atoms with van der Waals surface area (Å²) in [5, 5.41) is 0. The molecule has 0 heterocycles. The highest BCUT2D eigenvalue weighted by molar-refractivity contribution is 5.68. The van der Waals surface area contributed by atoms with Crippen molar-refractivity contribution < 1.29 is 14.3 Å². The molecule has 0 amide bonds. The van der Waals surface area contributed by atoms with E-state index in [2.05, 4.69) is 6.92 Å². The van der Waals surface area contributed by atoms with E-state index in [1.165, 1.54) is 38.5 Å². The largest absolute Gasteiger partial charge is 0.463 e. The molecule has 2 saturated carbocycles. The van der Waals surface area contributed by atoms with Crippen LogP contribution in [0.5, 0.6) is 0 Å². The first kappa shape index (κ1) is 14.8. The molecule has 3 nitrogen and oxygen atoms in total. The van der Waals surface area contributed by atoms with E-state index in [1.54, 1.807) is 0 Å². The van der Waals surface area contributed by atoms with E-state index >= 15 is 0 Å². The normalized spacial score (nSPS) is 31.8. The molecule has 0 aliphatic heterocycles. The van der Waals surface area contributed by atoms with Crippen LogP contribution in [-0.2, 0) is 14.3 Å². The van der Waals surface area contributed by atoms with E-state index in [9.17, 15) is 4.79 Å². The molecule has 2 rings (SSSR count). The molecule has 0 bridgehead atoms. The average Bonchev–Trinajstić information content (AvgIpc) is 3.03. The highest BCUT2D eigenvalue weighted by atomic mass is 16.6. The number of carbonyl (C=O) groups is 1. The Kier molecular flexibility index (Phi) is 5.68. The Bertz CT molecular complexity index is 284. The number of hydrogen-bond donors (Lipinski definition) is 0. The predicted molar refractivity (Wildman–Crippen MR) is 74.8 cm³/mol. The zero-order valence-corrected chi connectivity index (χ0v) is 12.4. The van der Waals surface area contributed by atoms with Gasteiger partial charge in [0.15, 0.2) is 0 Å². The van der Waals surface area contributed by atoms with E-state index in [0.29, 0.717) is 25.7 Å². The first-order valence-electron chi connectivity index (χ1n) is 7.98. The summed E-state index contributed by atoms with van der Waals surface area (Å²) in [5.74, 6) is 2.29. The molecule has 2 fully saturated rings. The minimum absolute atomic E-state index is 0.129. The van der Waals surface area contributed by atoms with Crippen molar-refractivity contribution in [2.75, 3.05) is 13.2 Å². The molecule has 0 aromatic rings. The smallest absolute Gasteiger partial charge is 0.305 e. The molecular weight excluding hydrogens is 240 g/mol. The third-order valence-electron chi connectivity index (χ3n) is 4.76. The molecule has 0 spiro atoms. The first-order chi connectivity index (χ1) is 9.20. The minimum atomic E-state index is -0.129. The van der Waals surface area contributed by atoms with E-state index < -0.39 is 0 Å². The second-order valence-corrected chi connectivity index (χ2v) is 6.27. The summed E-state index contributed by atoms with van der Waals surface area (Å²) in [5.41, 5.74) is 0. The van der Waals surface area contributed by atoms with Crippen molar-refractivity contribution in [3.05, 3.63) is 0 Å². The van der Waals surface area contributed by atoms with Gasteiger partial charge in [0.05, 0.1) is 12.7 Å². The van der Waals surface area contributed by atoms with Crippen molar-refractivity contribution in [1.82, 2.24) is 0 Å². The van der Waals surface area contributed by atoms with Gasteiger partial charge in [0.25, 0.3) is 0 Å². The van der Waals surface area contributed by atoms with Gasteiger partial charge in [-0.3, -0.25) is 4.79 Å². The molecule has 3 heteroatoms. The molecule has 3 atom stereocenters. The van der Waals surface area contributed by atoms with Gasteiger partial charge in [0, 0.05) is 6.42 Å². The fraction of sp³-hybridized carbons (Fsp3) is 0.938. The molecule has 0 radical (unpaired) electrons. The summed E-state index contributed by atoms with van der Waals surface area (Å²) in [7, 11) is 0. The zero-order chi connectivity index (χ0) is 13.7. The van der Waals surface area contributed by atoms with Gasteiger partial charge in [0.2, 0.25) is 0 Å². The molecule has 0 saturated heterocycles. The summed E-state index contributed by atoms with van der Waals surface area (Å²) < 4.78 is 11.1. The van der Waals surface area contributed by atoms with Gasteiger partial charge in [-0.2, -0.15) is 0 Å². The zero-order valence-electron chi connectivity index (χ0n) is 12.4. The second-order valence-electron chi connectivity index (χ2n) is 6.27. The standard InChI is InChI=1S/C16H28O3/c1-3-16(17)19-9-8-18-15-11-12(2)10-14(15)13-6-4-5-7-13/h12-15H,3-11H2,1-2H3. The van der Waals surface area contributed by atoms with Crippen molar-refractivity contribution in [2.24, 2.45) is 17.8 Å². The quantitative estimate of drug-likeness (QED) is 0.546. The van der Waals surface area contributed by atoms with E-state index in [-0.39, 0.29) is 5.97 Å². The third kappa shape index (κ3) is 4.20. The van der Waals surface area contributed by atoms with Crippen LogP contribution in [0.1, 0.15) is 58.8 Å². The van der Waals surface area contributed by atoms with Crippen LogP contribution in [0.25, 0.3) is 0 Å². The van der Waals surface area contributed by atoms with Crippen LogP contribution in [0, 0.1) is 17.8 Å². The Balaban J connectivity index is 1.72. The molecule has 3 unspecified atom stereocenters. The molecule has 110 valence electrons. The van der Waals surface area contributed by atoms with Gasteiger partial charge >= 0.3 is 5.97 Å². The van der Waals surface area contributed by atoms with Crippen LogP contribution in [0.15, 0.2) is 0 Å². The van der Waals surface area contributed by atoms with E-state index in [4.69, 9.17) is 9.47 Å². The van der Waals surface area contributed by atoms with Crippen molar-refractivity contribution in [1.29, 1.82) is 0 Å². The SMILES string of the molecule is CCC(=O)OCCOC1CC(C)CC1C1CCCC1. The second kappa shape index (κ2) is 7.28. The maximum Gasteiger partial charge on any atom is 0.305 e. The lowest BCUT2D eigenvalue weighted by Crippen LogP contribution is -2.26. The summed E-state index contributed by atoms with van der Waals surface area (Å²) in [6.45, 7) is 5.13. The van der Waals surface area contributed by atoms with Crippen molar-refractivity contribution in [2.45, 2.75) is 64.9 Å². The van der Waals surface area contributed by atoms with Crippen molar-refractivity contribution in [3.63, 3.8) is 0 Å². The Hall–Kier alpha value is -0.570. The molecule has 0 aromatic carbocycles. The molecule has 0 N–H and O–H groups in total. The molecule has 19 heavy (non-hydrogen) atoms. The fourth-order valence-corrected chi connectivity index (χ4v) is 3.81. The lowest BCUT2D eigenvalue weighted by molar-refractivity contribution is -0.145. The van der Waals surface area contributed by atoms with E-state index in [1.807, 2.05) is 6.92 Å². The number of carbonyl (C=O) groups excluding carboxylic acids is 1. The van der Waals surface area contributed by atoms with Crippen molar-refractivity contribution >= 4 is 5.97 Å². The lowest BCUT2D eigenvalue weighted by atomic mass is 9.87. The highest BCUT2D eigenvalue weighted by Gasteiger charge is 2.38. The number of ether oxygens (including phenoxy) is 2. The summed E-state index contributed by atoms with van der Waals surface area (Å²) in [6.07, 6.45) is 8.94. The van der Waals surface area contributed by atoms with Gasteiger partial charge in [0.1, 0.15) is 6.61 Å². The summed E-state index contributed by atoms with van der Waals surface area (Å²) in [6, 6.07) is 0. The first-order valence-corrected chi connectivity index (χ1v) is 7.98. The van der Waals surface area contributed by atoms with Crippen LogP contribution in [0.4, 0.5) is 0 Å². The fourth-order valence-electron chi connectivity index (χ4n) is 3.81. The minimum Gasteiger partial charge on any atom is -0.463 e. The molecule has 2 aliphatic rings. The van der Waals surface area contributed by atoms with Gasteiger partial charge in [-0.25, -0.2) is 0 Å². The molecular formula is C16H28O3. The van der Waals surface area contributed by atoms with Crippen molar-refractivity contribution in [3.8, 4) is 0 Å². The van der Waals surface area contributed by atoms with Gasteiger partial charge < -0.3 is 9.47 Å². The highest BCUT2D eigenvalue weighted by Crippen LogP contribution is 2.43. The summed E-state index contributed by atoms with van der Waals surface area (Å²) in [4.78, 5) is 11.1. The Morgan fingerprint density at radius 2 is 1.89 bits per heavy atom. The lowest BCUT2D eigenvalue weighted by Gasteiger charge is -2.25. The Labute approximate surface area is 117 Å². The van der Waals surface area contributed by atoms with Crippen LogP contribution in [-0.4, -0.2) is 25.3 Å². The number of rotatable bonds is 6. The summed E-state index contributed by atoms with van der Waals surface area (Å²) >= 11 is 0. The van der Waals surface area contributed by atoms with Gasteiger partial charge in [-0.1, -0.05) is 39.5 Å². The Morgan fingerprint density at radius 1 is 1.16 bits per heavy atom. The third-order valence-corrected chi connectivity index (χ3v) is 4.76. The van der Waals surface area contributed by atoms with E-state index in [0.717, 1.165) is 17.8 Å². The maximum absolute atomic E-state index is 11.1. The predicted octanol–water partition coefficient (Wildman–Crippen LogP) is 3.56. The number of hydrogen-bond acceptors (Lipinski definition) is 3. The van der Waals surface area contributed by atoms with Crippen LogP contribution in [0.3, 0.4) is 0 Å². The monoisotopic (exact) mass is 268 g/mol. The van der Waals surface area contributed by atoms with Gasteiger partial charge in [-0.15, -0.1) is 0 Å². The van der Waals surface area contributed by atoms with Gasteiger partial charge in [-0.05, 0) is 30.6 Å². The van der Waals surface area contributed by atoms with Crippen LogP contribution < -0.4 is 0 Å². The average molecular weight is 268 g/mol. The topological polar surface area (TPSA) is 35.5 Å².